The minimum absolute atomic E-state index is 0.248. The molecule has 1 saturated carbocycles. The molecule has 17 heavy (non-hydrogen) atoms. The Morgan fingerprint density at radius 2 is 1.88 bits per heavy atom. The van der Waals surface area contributed by atoms with Crippen molar-refractivity contribution in [1.82, 2.24) is 4.90 Å². The smallest absolute Gasteiger partial charge is 0.410 e. The molecule has 98 valence electrons. The number of ether oxygens (including phenoxy) is 1. The Balaban J connectivity index is 2.66. The van der Waals surface area contributed by atoms with Crippen molar-refractivity contribution in [2.75, 3.05) is 7.05 Å². The fourth-order valence-corrected chi connectivity index (χ4v) is 2.16. The van der Waals surface area contributed by atoms with Crippen LogP contribution in [0.4, 0.5) is 4.79 Å². The van der Waals surface area contributed by atoms with Gasteiger partial charge in [0.05, 0.1) is 5.92 Å². The standard InChI is InChI=1S/C12H21NO4/c1-12(2,3)17-11(16)13(4)9-7-5-6-8(9)10(14)15/h8-9H,5-7H2,1-4H3,(H,14,15)/t8-,9-/m0/s1. The Morgan fingerprint density at radius 1 is 1.29 bits per heavy atom. The first-order chi connectivity index (χ1) is 7.72. The quantitative estimate of drug-likeness (QED) is 0.806. The summed E-state index contributed by atoms with van der Waals surface area (Å²) in [4.78, 5) is 24.3. The van der Waals surface area contributed by atoms with E-state index in [0.717, 1.165) is 12.8 Å². The van der Waals surface area contributed by atoms with E-state index >= 15 is 0 Å². The lowest BCUT2D eigenvalue weighted by molar-refractivity contribution is -0.143. The number of carbonyl (C=O) groups excluding carboxylic acids is 1. The summed E-state index contributed by atoms with van der Waals surface area (Å²) in [5.74, 6) is -1.30. The third kappa shape index (κ3) is 3.61. The number of rotatable bonds is 2. The van der Waals surface area contributed by atoms with Gasteiger partial charge in [0.2, 0.25) is 0 Å². The van der Waals surface area contributed by atoms with E-state index in [1.807, 2.05) is 0 Å². The molecule has 0 aromatic carbocycles. The predicted molar refractivity (Wildman–Crippen MR) is 62.8 cm³/mol. The number of carboxylic acid groups (broad SMARTS) is 1. The van der Waals surface area contributed by atoms with Gasteiger partial charge >= 0.3 is 12.1 Å². The summed E-state index contributed by atoms with van der Waals surface area (Å²) in [5.41, 5.74) is -0.553. The van der Waals surface area contributed by atoms with Crippen LogP contribution in [-0.2, 0) is 9.53 Å². The van der Waals surface area contributed by atoms with Crippen molar-refractivity contribution in [1.29, 1.82) is 0 Å². The second-order valence-corrected chi connectivity index (χ2v) is 5.53. The van der Waals surface area contributed by atoms with E-state index in [1.165, 1.54) is 4.90 Å². The molecule has 1 aliphatic carbocycles. The second-order valence-electron chi connectivity index (χ2n) is 5.53. The Morgan fingerprint density at radius 3 is 2.35 bits per heavy atom. The Labute approximate surface area is 102 Å². The van der Waals surface area contributed by atoms with Crippen LogP contribution in [0.5, 0.6) is 0 Å². The number of hydrogen-bond donors (Lipinski definition) is 1. The van der Waals surface area contributed by atoms with Crippen molar-refractivity contribution < 1.29 is 19.4 Å². The SMILES string of the molecule is CN(C(=O)OC(C)(C)C)[C@H]1CCC[C@@H]1C(=O)O. The van der Waals surface area contributed by atoms with Crippen molar-refractivity contribution >= 4 is 12.1 Å². The maximum Gasteiger partial charge on any atom is 0.410 e. The molecule has 0 heterocycles. The number of carbonyl (C=O) groups is 2. The average Bonchev–Trinajstić information content (AvgIpc) is 2.61. The molecular weight excluding hydrogens is 222 g/mol. The van der Waals surface area contributed by atoms with Gasteiger partial charge in [-0.25, -0.2) is 4.79 Å². The molecule has 1 amide bonds. The first kappa shape index (κ1) is 13.8. The molecule has 0 aromatic heterocycles. The van der Waals surface area contributed by atoms with Crippen LogP contribution in [0.15, 0.2) is 0 Å². The predicted octanol–water partition coefficient (Wildman–Crippen LogP) is 2.11. The molecule has 1 N–H and O–H groups in total. The molecular formula is C12H21NO4. The van der Waals surface area contributed by atoms with Crippen LogP contribution < -0.4 is 0 Å². The van der Waals surface area contributed by atoms with Gasteiger partial charge in [0.1, 0.15) is 5.60 Å². The van der Waals surface area contributed by atoms with Gasteiger partial charge in [0, 0.05) is 13.1 Å². The third-order valence-electron chi connectivity index (χ3n) is 2.98. The summed E-state index contributed by atoms with van der Waals surface area (Å²) in [7, 11) is 1.61. The molecule has 0 aliphatic heterocycles. The Hall–Kier alpha value is -1.26. The molecule has 5 heteroatoms. The van der Waals surface area contributed by atoms with Crippen molar-refractivity contribution in [3.05, 3.63) is 0 Å². The average molecular weight is 243 g/mol. The number of amides is 1. The minimum atomic E-state index is -0.831. The van der Waals surface area contributed by atoms with Gasteiger partial charge in [-0.15, -0.1) is 0 Å². The van der Waals surface area contributed by atoms with Crippen LogP contribution in [0.1, 0.15) is 40.0 Å². The highest BCUT2D eigenvalue weighted by molar-refractivity contribution is 5.74. The van der Waals surface area contributed by atoms with Crippen molar-refractivity contribution in [2.45, 2.75) is 51.7 Å². The van der Waals surface area contributed by atoms with Crippen LogP contribution in [0.2, 0.25) is 0 Å². The lowest BCUT2D eigenvalue weighted by Gasteiger charge is -2.30. The molecule has 1 fully saturated rings. The number of carboxylic acids is 1. The normalized spacial score (nSPS) is 24.5. The molecule has 0 aromatic rings. The van der Waals surface area contributed by atoms with Crippen LogP contribution in [-0.4, -0.2) is 40.8 Å². The van der Waals surface area contributed by atoms with Gasteiger partial charge in [0.15, 0.2) is 0 Å². The van der Waals surface area contributed by atoms with Gasteiger partial charge in [-0.05, 0) is 33.6 Å². The summed E-state index contributed by atoms with van der Waals surface area (Å²) >= 11 is 0. The largest absolute Gasteiger partial charge is 0.481 e. The molecule has 1 aliphatic rings. The topological polar surface area (TPSA) is 66.8 Å². The van der Waals surface area contributed by atoms with Crippen LogP contribution >= 0.6 is 0 Å². The third-order valence-corrected chi connectivity index (χ3v) is 2.98. The van der Waals surface area contributed by atoms with E-state index in [9.17, 15) is 9.59 Å². The van der Waals surface area contributed by atoms with Crippen molar-refractivity contribution in [3.8, 4) is 0 Å². The molecule has 0 unspecified atom stereocenters. The summed E-state index contributed by atoms with van der Waals surface area (Å²) in [6.45, 7) is 5.38. The lowest BCUT2D eigenvalue weighted by atomic mass is 10.0. The highest BCUT2D eigenvalue weighted by atomic mass is 16.6. The monoisotopic (exact) mass is 243 g/mol. The van der Waals surface area contributed by atoms with E-state index in [2.05, 4.69) is 0 Å². The second kappa shape index (κ2) is 4.94. The Kier molecular flexibility index (Phi) is 4.01. The Bertz CT molecular complexity index is 308. The zero-order valence-electron chi connectivity index (χ0n) is 10.9. The first-order valence-corrected chi connectivity index (χ1v) is 5.91. The lowest BCUT2D eigenvalue weighted by Crippen LogP contribution is -2.44. The summed E-state index contributed by atoms with van der Waals surface area (Å²) < 4.78 is 5.23. The minimum Gasteiger partial charge on any atom is -0.481 e. The van der Waals surface area contributed by atoms with Gasteiger partial charge in [0.25, 0.3) is 0 Å². The van der Waals surface area contributed by atoms with Crippen LogP contribution in [0.3, 0.4) is 0 Å². The van der Waals surface area contributed by atoms with E-state index in [-0.39, 0.29) is 6.04 Å². The van der Waals surface area contributed by atoms with Gasteiger partial charge in [-0.2, -0.15) is 0 Å². The van der Waals surface area contributed by atoms with E-state index < -0.39 is 23.6 Å². The van der Waals surface area contributed by atoms with E-state index in [4.69, 9.17) is 9.84 Å². The molecule has 0 bridgehead atoms. The van der Waals surface area contributed by atoms with Crippen LogP contribution in [0.25, 0.3) is 0 Å². The molecule has 0 saturated heterocycles. The number of aliphatic carboxylic acids is 1. The molecule has 0 spiro atoms. The fourth-order valence-electron chi connectivity index (χ4n) is 2.16. The summed E-state index contributed by atoms with van der Waals surface area (Å²) in [6.07, 6.45) is 1.75. The molecule has 2 atom stereocenters. The molecule has 1 rings (SSSR count). The zero-order valence-corrected chi connectivity index (χ0v) is 10.9. The van der Waals surface area contributed by atoms with Gasteiger partial charge in [-0.3, -0.25) is 4.79 Å². The number of nitrogens with zero attached hydrogens (tertiary/aromatic N) is 1. The zero-order chi connectivity index (χ0) is 13.2. The summed E-state index contributed by atoms with van der Waals surface area (Å²) in [5, 5.41) is 9.07. The van der Waals surface area contributed by atoms with Crippen LogP contribution in [0, 0.1) is 5.92 Å². The van der Waals surface area contributed by atoms with E-state index in [0.29, 0.717) is 6.42 Å². The maximum absolute atomic E-state index is 11.8. The molecule has 5 nitrogen and oxygen atoms in total. The number of hydrogen-bond acceptors (Lipinski definition) is 3. The highest BCUT2D eigenvalue weighted by Gasteiger charge is 2.38. The van der Waals surface area contributed by atoms with Gasteiger partial charge < -0.3 is 14.7 Å². The first-order valence-electron chi connectivity index (χ1n) is 5.91. The fraction of sp³-hybridized carbons (Fsp3) is 0.833. The van der Waals surface area contributed by atoms with Crippen molar-refractivity contribution in [2.24, 2.45) is 5.92 Å². The molecule has 0 radical (unpaired) electrons. The maximum atomic E-state index is 11.8. The van der Waals surface area contributed by atoms with E-state index in [1.54, 1.807) is 27.8 Å². The van der Waals surface area contributed by atoms with Gasteiger partial charge in [-0.1, -0.05) is 6.42 Å². The van der Waals surface area contributed by atoms with Crippen molar-refractivity contribution in [3.63, 3.8) is 0 Å². The summed E-state index contributed by atoms with van der Waals surface area (Å²) in [6, 6.07) is -0.248. The highest BCUT2D eigenvalue weighted by Crippen LogP contribution is 2.30.